The molecular formula is C14H24N4O. The highest BCUT2D eigenvalue weighted by Gasteiger charge is 2.20. The first-order valence-corrected chi connectivity index (χ1v) is 6.60. The van der Waals surface area contributed by atoms with Gasteiger partial charge in [-0.1, -0.05) is 0 Å². The van der Waals surface area contributed by atoms with Crippen LogP contribution >= 0.6 is 0 Å². The highest BCUT2D eigenvalue weighted by atomic mass is 16.2. The van der Waals surface area contributed by atoms with Crippen LogP contribution in [0.15, 0.2) is 18.3 Å². The van der Waals surface area contributed by atoms with Gasteiger partial charge in [-0.25, -0.2) is 0 Å². The SMILES string of the molecule is CCN(C(=O)c1ccnc(CN)c1)C(C)CN(C)C. The summed E-state index contributed by atoms with van der Waals surface area (Å²) in [5, 5.41) is 0. The first kappa shape index (κ1) is 15.6. The molecule has 1 aromatic heterocycles. The smallest absolute Gasteiger partial charge is 0.254 e. The second kappa shape index (κ2) is 7.21. The van der Waals surface area contributed by atoms with Crippen molar-refractivity contribution in [3.63, 3.8) is 0 Å². The summed E-state index contributed by atoms with van der Waals surface area (Å²) in [6.07, 6.45) is 1.64. The molecule has 1 aromatic rings. The lowest BCUT2D eigenvalue weighted by atomic mass is 10.1. The van der Waals surface area contributed by atoms with Crippen LogP contribution < -0.4 is 5.73 Å². The Hall–Kier alpha value is -1.46. The Morgan fingerprint density at radius 1 is 1.47 bits per heavy atom. The van der Waals surface area contributed by atoms with Gasteiger partial charge < -0.3 is 15.5 Å². The van der Waals surface area contributed by atoms with Crippen molar-refractivity contribution in [3.8, 4) is 0 Å². The van der Waals surface area contributed by atoms with E-state index in [4.69, 9.17) is 5.73 Å². The van der Waals surface area contributed by atoms with E-state index < -0.39 is 0 Å². The maximum Gasteiger partial charge on any atom is 0.254 e. The first-order valence-electron chi connectivity index (χ1n) is 6.60. The highest BCUT2D eigenvalue weighted by molar-refractivity contribution is 5.94. The molecule has 0 aliphatic carbocycles. The number of pyridine rings is 1. The molecule has 19 heavy (non-hydrogen) atoms. The van der Waals surface area contributed by atoms with Crippen LogP contribution in [0.3, 0.4) is 0 Å². The van der Waals surface area contributed by atoms with Crippen molar-refractivity contribution in [1.82, 2.24) is 14.8 Å². The molecule has 0 fully saturated rings. The fourth-order valence-electron chi connectivity index (χ4n) is 2.17. The molecule has 0 saturated carbocycles. The molecule has 0 saturated heterocycles. The van der Waals surface area contributed by atoms with Crippen LogP contribution in [-0.2, 0) is 6.54 Å². The van der Waals surface area contributed by atoms with Gasteiger partial charge in [-0.05, 0) is 40.1 Å². The zero-order valence-corrected chi connectivity index (χ0v) is 12.3. The van der Waals surface area contributed by atoms with Crippen molar-refractivity contribution in [2.24, 2.45) is 5.73 Å². The molecule has 106 valence electrons. The monoisotopic (exact) mass is 264 g/mol. The Kier molecular flexibility index (Phi) is 5.92. The van der Waals surface area contributed by atoms with Crippen molar-refractivity contribution in [3.05, 3.63) is 29.6 Å². The minimum Gasteiger partial charge on any atom is -0.335 e. The van der Waals surface area contributed by atoms with E-state index in [0.717, 1.165) is 12.2 Å². The maximum absolute atomic E-state index is 12.5. The van der Waals surface area contributed by atoms with Crippen LogP contribution in [0.5, 0.6) is 0 Å². The van der Waals surface area contributed by atoms with Gasteiger partial charge >= 0.3 is 0 Å². The Bertz CT molecular complexity index is 420. The third-order valence-corrected chi connectivity index (χ3v) is 3.04. The summed E-state index contributed by atoms with van der Waals surface area (Å²) >= 11 is 0. The second-order valence-electron chi connectivity index (χ2n) is 4.94. The zero-order valence-electron chi connectivity index (χ0n) is 12.3. The van der Waals surface area contributed by atoms with Crippen molar-refractivity contribution in [2.75, 3.05) is 27.2 Å². The molecule has 0 bridgehead atoms. The van der Waals surface area contributed by atoms with Gasteiger partial charge in [0, 0.05) is 37.4 Å². The number of carbonyl (C=O) groups excluding carboxylic acids is 1. The van der Waals surface area contributed by atoms with Crippen molar-refractivity contribution >= 4 is 5.91 Å². The van der Waals surface area contributed by atoms with E-state index in [2.05, 4.69) is 16.8 Å². The zero-order chi connectivity index (χ0) is 14.4. The van der Waals surface area contributed by atoms with Crippen LogP contribution in [0.4, 0.5) is 0 Å². The summed E-state index contributed by atoms with van der Waals surface area (Å²) in [5.74, 6) is 0.0361. The maximum atomic E-state index is 12.5. The molecule has 5 heteroatoms. The van der Waals surface area contributed by atoms with E-state index in [1.807, 2.05) is 25.9 Å². The lowest BCUT2D eigenvalue weighted by Crippen LogP contribution is -2.43. The van der Waals surface area contributed by atoms with E-state index in [1.165, 1.54) is 0 Å². The third kappa shape index (κ3) is 4.29. The lowest BCUT2D eigenvalue weighted by molar-refractivity contribution is 0.0679. The van der Waals surface area contributed by atoms with Gasteiger partial charge in [0.1, 0.15) is 0 Å². The summed E-state index contributed by atoms with van der Waals surface area (Å²) in [5.41, 5.74) is 6.95. The summed E-state index contributed by atoms with van der Waals surface area (Å²) in [4.78, 5) is 20.6. The average Bonchev–Trinajstić information content (AvgIpc) is 2.38. The molecule has 1 heterocycles. The fraction of sp³-hybridized carbons (Fsp3) is 0.571. The summed E-state index contributed by atoms with van der Waals surface area (Å²) < 4.78 is 0. The lowest BCUT2D eigenvalue weighted by Gasteiger charge is -2.30. The number of likely N-dealkylation sites (N-methyl/N-ethyl adjacent to an activating group) is 2. The molecule has 5 nitrogen and oxygen atoms in total. The molecule has 0 radical (unpaired) electrons. The molecule has 0 aliphatic heterocycles. The first-order chi connectivity index (χ1) is 8.99. The predicted octanol–water partition coefficient (Wildman–Crippen LogP) is 0.953. The van der Waals surface area contributed by atoms with E-state index in [1.54, 1.807) is 18.3 Å². The topological polar surface area (TPSA) is 62.5 Å². The molecule has 1 amide bonds. The Morgan fingerprint density at radius 2 is 2.16 bits per heavy atom. The normalized spacial score (nSPS) is 12.5. The number of carbonyl (C=O) groups is 1. The Balaban J connectivity index is 2.88. The quantitative estimate of drug-likeness (QED) is 0.831. The number of rotatable bonds is 6. The van der Waals surface area contributed by atoms with E-state index >= 15 is 0 Å². The number of nitrogens with two attached hydrogens (primary N) is 1. The second-order valence-corrected chi connectivity index (χ2v) is 4.94. The van der Waals surface area contributed by atoms with Crippen LogP contribution in [0.2, 0.25) is 0 Å². The predicted molar refractivity (Wildman–Crippen MR) is 76.9 cm³/mol. The van der Waals surface area contributed by atoms with Crippen LogP contribution in [0, 0.1) is 0 Å². The van der Waals surface area contributed by atoms with E-state index in [-0.39, 0.29) is 11.9 Å². The minimum absolute atomic E-state index is 0.0361. The van der Waals surface area contributed by atoms with Crippen molar-refractivity contribution < 1.29 is 4.79 Å². The molecule has 0 aliphatic rings. The van der Waals surface area contributed by atoms with E-state index in [9.17, 15) is 4.79 Å². The van der Waals surface area contributed by atoms with Crippen LogP contribution in [0.25, 0.3) is 0 Å². The van der Waals surface area contributed by atoms with Gasteiger partial charge in [0.25, 0.3) is 5.91 Å². The van der Waals surface area contributed by atoms with Crippen LogP contribution in [0.1, 0.15) is 29.9 Å². The summed E-state index contributed by atoms with van der Waals surface area (Å²) in [7, 11) is 4.02. The molecule has 0 spiro atoms. The molecule has 1 rings (SSSR count). The van der Waals surface area contributed by atoms with Crippen LogP contribution in [-0.4, -0.2) is 53.9 Å². The fourth-order valence-corrected chi connectivity index (χ4v) is 2.17. The number of hydrogen-bond donors (Lipinski definition) is 1. The number of amides is 1. The van der Waals surface area contributed by atoms with E-state index in [0.29, 0.717) is 18.7 Å². The van der Waals surface area contributed by atoms with Gasteiger partial charge in [-0.15, -0.1) is 0 Å². The van der Waals surface area contributed by atoms with Crippen molar-refractivity contribution in [1.29, 1.82) is 0 Å². The summed E-state index contributed by atoms with van der Waals surface area (Å²) in [6.45, 7) is 5.94. The number of nitrogens with zero attached hydrogens (tertiary/aromatic N) is 3. The molecular weight excluding hydrogens is 240 g/mol. The van der Waals surface area contributed by atoms with Gasteiger partial charge in [0.15, 0.2) is 0 Å². The molecule has 1 unspecified atom stereocenters. The number of aromatic nitrogens is 1. The standard InChI is InChI=1S/C14H24N4O/c1-5-18(11(2)10-17(3)4)14(19)12-6-7-16-13(8-12)9-15/h6-8,11H,5,9-10,15H2,1-4H3. The summed E-state index contributed by atoms with van der Waals surface area (Å²) in [6, 6.07) is 3.68. The van der Waals surface area contributed by atoms with Crippen molar-refractivity contribution in [2.45, 2.75) is 26.4 Å². The molecule has 0 aromatic carbocycles. The van der Waals surface area contributed by atoms with Gasteiger partial charge in [0.05, 0.1) is 5.69 Å². The van der Waals surface area contributed by atoms with Gasteiger partial charge in [-0.2, -0.15) is 0 Å². The number of hydrogen-bond acceptors (Lipinski definition) is 4. The molecule has 2 N–H and O–H groups in total. The average molecular weight is 264 g/mol. The Labute approximate surface area is 115 Å². The largest absolute Gasteiger partial charge is 0.335 e. The molecule has 1 atom stereocenters. The highest BCUT2D eigenvalue weighted by Crippen LogP contribution is 2.10. The van der Waals surface area contributed by atoms with Gasteiger partial charge in [-0.3, -0.25) is 9.78 Å². The third-order valence-electron chi connectivity index (χ3n) is 3.04. The minimum atomic E-state index is 0.0361. The Morgan fingerprint density at radius 3 is 2.68 bits per heavy atom. The van der Waals surface area contributed by atoms with Gasteiger partial charge in [0.2, 0.25) is 0 Å².